The van der Waals surface area contributed by atoms with Crippen LogP contribution in [-0.4, -0.2) is 17.5 Å². The summed E-state index contributed by atoms with van der Waals surface area (Å²) in [6.07, 6.45) is 1.94. The van der Waals surface area contributed by atoms with Crippen molar-refractivity contribution in [2.45, 2.75) is 18.9 Å². The molecule has 0 unspecified atom stereocenters. The summed E-state index contributed by atoms with van der Waals surface area (Å²) in [5.74, 6) is -0.410. The predicted molar refractivity (Wildman–Crippen MR) is 78.4 cm³/mol. The highest BCUT2D eigenvalue weighted by Crippen LogP contribution is 2.33. The Balaban J connectivity index is 1.75. The van der Waals surface area contributed by atoms with E-state index in [1.165, 1.54) is 6.07 Å². The number of amides is 2. The monoisotopic (exact) mass is 290 g/mol. The number of rotatable bonds is 2. The van der Waals surface area contributed by atoms with Crippen LogP contribution in [0.5, 0.6) is 0 Å². The number of benzene rings is 1. The number of nitrogens with zero attached hydrogens (tertiary/aromatic N) is 1. The topological polar surface area (TPSA) is 32.3 Å². The zero-order valence-electron chi connectivity index (χ0n) is 10.9. The van der Waals surface area contributed by atoms with E-state index in [2.05, 4.69) is 10.7 Å². The summed E-state index contributed by atoms with van der Waals surface area (Å²) in [6.45, 7) is 0.709. The van der Waals surface area contributed by atoms with Crippen LogP contribution in [0.25, 0.3) is 0 Å². The molecule has 3 rings (SSSR count). The van der Waals surface area contributed by atoms with Gasteiger partial charge in [0.15, 0.2) is 0 Å². The number of thiophene rings is 1. The summed E-state index contributed by atoms with van der Waals surface area (Å²) in [5, 5.41) is 6.74. The summed E-state index contributed by atoms with van der Waals surface area (Å²) >= 11 is 1.63. The van der Waals surface area contributed by atoms with Gasteiger partial charge in [-0.15, -0.1) is 0 Å². The number of likely N-dealkylation sites (tertiary alicyclic amines) is 1. The van der Waals surface area contributed by atoms with E-state index in [0.717, 1.165) is 18.4 Å². The van der Waals surface area contributed by atoms with Gasteiger partial charge in [-0.2, -0.15) is 11.3 Å². The van der Waals surface area contributed by atoms with Crippen LogP contribution in [0.15, 0.2) is 41.1 Å². The maximum absolute atomic E-state index is 13.6. The van der Waals surface area contributed by atoms with Crippen molar-refractivity contribution in [1.82, 2.24) is 4.90 Å². The third-order valence-corrected chi connectivity index (χ3v) is 4.26. The molecule has 104 valence electrons. The fourth-order valence-electron chi connectivity index (χ4n) is 2.57. The van der Waals surface area contributed by atoms with E-state index >= 15 is 0 Å². The first-order valence-electron chi connectivity index (χ1n) is 6.60. The molecule has 0 aliphatic carbocycles. The number of carbonyl (C=O) groups is 1. The molecular weight excluding hydrogens is 275 g/mol. The molecule has 1 saturated heterocycles. The van der Waals surface area contributed by atoms with Gasteiger partial charge in [0.25, 0.3) is 0 Å². The molecule has 0 radical (unpaired) electrons. The predicted octanol–water partition coefficient (Wildman–Crippen LogP) is 4.26. The van der Waals surface area contributed by atoms with Crippen LogP contribution in [0.3, 0.4) is 0 Å². The summed E-state index contributed by atoms with van der Waals surface area (Å²) in [6, 6.07) is 8.15. The Morgan fingerprint density at radius 3 is 2.95 bits per heavy atom. The number of carbonyl (C=O) groups excluding carboxylic acids is 1. The minimum absolute atomic E-state index is 0.105. The van der Waals surface area contributed by atoms with Crippen molar-refractivity contribution in [3.8, 4) is 0 Å². The fraction of sp³-hybridized carbons (Fsp3) is 0.267. The van der Waals surface area contributed by atoms with E-state index in [4.69, 9.17) is 0 Å². The summed E-state index contributed by atoms with van der Waals surface area (Å²) in [7, 11) is 0. The van der Waals surface area contributed by atoms with Gasteiger partial charge in [0, 0.05) is 6.54 Å². The van der Waals surface area contributed by atoms with Gasteiger partial charge in [0.1, 0.15) is 5.82 Å². The number of urea groups is 1. The van der Waals surface area contributed by atoms with E-state index in [1.807, 2.05) is 11.4 Å². The average Bonchev–Trinajstić information content (AvgIpc) is 3.11. The Hall–Kier alpha value is -1.88. The van der Waals surface area contributed by atoms with Crippen molar-refractivity contribution in [2.75, 3.05) is 11.9 Å². The molecule has 1 N–H and O–H groups in total. The van der Waals surface area contributed by atoms with Crippen molar-refractivity contribution in [2.24, 2.45) is 0 Å². The number of para-hydroxylation sites is 1. The molecule has 3 nitrogen and oxygen atoms in total. The van der Waals surface area contributed by atoms with Crippen molar-refractivity contribution in [3.05, 3.63) is 52.5 Å². The fourth-order valence-corrected chi connectivity index (χ4v) is 3.28. The van der Waals surface area contributed by atoms with E-state index in [0.29, 0.717) is 6.54 Å². The Labute approximate surface area is 121 Å². The first kappa shape index (κ1) is 13.1. The van der Waals surface area contributed by atoms with Gasteiger partial charge in [0.05, 0.1) is 11.7 Å². The molecule has 2 amide bonds. The Kier molecular flexibility index (Phi) is 3.69. The van der Waals surface area contributed by atoms with Gasteiger partial charge in [-0.3, -0.25) is 0 Å². The van der Waals surface area contributed by atoms with Crippen molar-refractivity contribution >= 4 is 23.1 Å². The Bertz CT molecular complexity index is 600. The lowest BCUT2D eigenvalue weighted by molar-refractivity contribution is 0.207. The molecule has 2 aromatic rings. The van der Waals surface area contributed by atoms with Gasteiger partial charge in [-0.05, 0) is 47.4 Å². The quantitative estimate of drug-likeness (QED) is 0.880. The molecule has 1 atom stereocenters. The first-order valence-corrected chi connectivity index (χ1v) is 7.54. The summed E-state index contributed by atoms with van der Waals surface area (Å²) in [5.41, 5.74) is 1.39. The molecule has 2 heterocycles. The van der Waals surface area contributed by atoms with E-state index in [9.17, 15) is 9.18 Å². The van der Waals surface area contributed by atoms with Crippen molar-refractivity contribution in [1.29, 1.82) is 0 Å². The largest absolute Gasteiger partial charge is 0.322 e. The molecule has 0 bridgehead atoms. The molecular formula is C15H15FN2OS. The van der Waals surface area contributed by atoms with Crippen LogP contribution < -0.4 is 5.32 Å². The number of anilines is 1. The zero-order chi connectivity index (χ0) is 13.9. The normalized spacial score (nSPS) is 18.2. The highest BCUT2D eigenvalue weighted by molar-refractivity contribution is 7.07. The third-order valence-electron chi connectivity index (χ3n) is 3.56. The maximum atomic E-state index is 13.6. The molecule has 1 aliphatic rings. The lowest BCUT2D eigenvalue weighted by atomic mass is 10.1. The number of hydrogen-bond donors (Lipinski definition) is 1. The molecule has 0 spiro atoms. The molecule has 0 saturated carbocycles. The molecule has 1 aromatic heterocycles. The van der Waals surface area contributed by atoms with Crippen molar-refractivity contribution in [3.63, 3.8) is 0 Å². The zero-order valence-corrected chi connectivity index (χ0v) is 11.7. The summed E-state index contributed by atoms with van der Waals surface area (Å²) < 4.78 is 13.6. The van der Waals surface area contributed by atoms with Gasteiger partial charge in [-0.1, -0.05) is 12.1 Å². The lowest BCUT2D eigenvalue weighted by Crippen LogP contribution is -2.34. The second-order valence-corrected chi connectivity index (χ2v) is 5.60. The number of halogens is 1. The second-order valence-electron chi connectivity index (χ2n) is 4.82. The second kappa shape index (κ2) is 5.63. The molecule has 20 heavy (non-hydrogen) atoms. The van der Waals surface area contributed by atoms with Crippen molar-refractivity contribution < 1.29 is 9.18 Å². The van der Waals surface area contributed by atoms with Gasteiger partial charge in [-0.25, -0.2) is 9.18 Å². The van der Waals surface area contributed by atoms with Crippen LogP contribution in [-0.2, 0) is 0 Å². The molecule has 5 heteroatoms. The standard InChI is InChI=1S/C15H15FN2OS/c16-12-4-1-2-5-13(12)17-15(19)18-8-3-6-14(18)11-7-9-20-10-11/h1-2,4-5,7,9-10,14H,3,6,8H2,(H,17,19)/t14-/m0/s1. The van der Waals surface area contributed by atoms with Gasteiger partial charge < -0.3 is 10.2 Å². The minimum Gasteiger partial charge on any atom is -0.317 e. The minimum atomic E-state index is -0.410. The smallest absolute Gasteiger partial charge is 0.317 e. The van der Waals surface area contributed by atoms with Crippen LogP contribution in [0.2, 0.25) is 0 Å². The highest BCUT2D eigenvalue weighted by atomic mass is 32.1. The Morgan fingerprint density at radius 1 is 1.35 bits per heavy atom. The third kappa shape index (κ3) is 2.54. The van der Waals surface area contributed by atoms with E-state index in [-0.39, 0.29) is 17.8 Å². The maximum Gasteiger partial charge on any atom is 0.322 e. The number of nitrogens with one attached hydrogen (secondary N) is 1. The van der Waals surface area contributed by atoms with Crippen LogP contribution in [0.4, 0.5) is 14.9 Å². The van der Waals surface area contributed by atoms with Crippen LogP contribution >= 0.6 is 11.3 Å². The molecule has 1 aromatic carbocycles. The first-order chi connectivity index (χ1) is 9.75. The number of hydrogen-bond acceptors (Lipinski definition) is 2. The van der Waals surface area contributed by atoms with E-state index in [1.54, 1.807) is 34.4 Å². The highest BCUT2D eigenvalue weighted by Gasteiger charge is 2.30. The van der Waals surface area contributed by atoms with E-state index < -0.39 is 5.82 Å². The average molecular weight is 290 g/mol. The SMILES string of the molecule is O=C(Nc1ccccc1F)N1CCC[C@H]1c1ccsc1. The molecule has 1 fully saturated rings. The van der Waals surface area contributed by atoms with Crippen LogP contribution in [0.1, 0.15) is 24.4 Å². The van der Waals surface area contributed by atoms with Gasteiger partial charge in [0.2, 0.25) is 0 Å². The van der Waals surface area contributed by atoms with Gasteiger partial charge >= 0.3 is 6.03 Å². The Morgan fingerprint density at radius 2 is 2.20 bits per heavy atom. The summed E-state index contributed by atoms with van der Waals surface area (Å²) in [4.78, 5) is 14.1. The lowest BCUT2D eigenvalue weighted by Gasteiger charge is -2.24. The van der Waals surface area contributed by atoms with Crippen LogP contribution in [0, 0.1) is 5.82 Å². The molecule has 1 aliphatic heterocycles.